The van der Waals surface area contributed by atoms with Gasteiger partial charge in [0.25, 0.3) is 11.1 Å². The summed E-state index contributed by atoms with van der Waals surface area (Å²) < 4.78 is 11.3. The van der Waals surface area contributed by atoms with E-state index in [0.29, 0.717) is 39.4 Å². The fourth-order valence-corrected chi connectivity index (χ4v) is 4.60. The van der Waals surface area contributed by atoms with E-state index in [1.165, 1.54) is 4.90 Å². The fourth-order valence-electron chi connectivity index (χ4n) is 3.41. The van der Waals surface area contributed by atoms with Gasteiger partial charge < -0.3 is 9.47 Å². The van der Waals surface area contributed by atoms with Gasteiger partial charge in [0.05, 0.1) is 22.1 Å². The number of methoxy groups -OCH3 is 1. The second-order valence-electron chi connectivity index (χ2n) is 7.52. The van der Waals surface area contributed by atoms with Gasteiger partial charge in [-0.2, -0.15) is 0 Å². The first-order valence-electron chi connectivity index (χ1n) is 10.5. The summed E-state index contributed by atoms with van der Waals surface area (Å²) in [6, 6.07) is 20.4. The first-order chi connectivity index (χ1) is 16.4. The van der Waals surface area contributed by atoms with Crippen LogP contribution in [0.25, 0.3) is 6.08 Å². The number of benzene rings is 3. The van der Waals surface area contributed by atoms with Crippen LogP contribution in [-0.4, -0.2) is 29.7 Å². The summed E-state index contributed by atoms with van der Waals surface area (Å²) in [5, 5.41) is 0.681. The number of rotatable bonds is 8. The van der Waals surface area contributed by atoms with Gasteiger partial charge >= 0.3 is 0 Å². The van der Waals surface area contributed by atoms with E-state index < -0.39 is 0 Å². The monoisotopic (exact) mass is 513 g/mol. The van der Waals surface area contributed by atoms with E-state index in [1.807, 2.05) is 42.5 Å². The Bertz CT molecular complexity index is 1250. The smallest absolute Gasteiger partial charge is 0.293 e. The van der Waals surface area contributed by atoms with E-state index in [4.69, 9.17) is 32.7 Å². The van der Waals surface area contributed by atoms with Gasteiger partial charge in [0.2, 0.25) is 0 Å². The number of hydrogen-bond acceptors (Lipinski definition) is 5. The molecule has 1 aliphatic rings. The third kappa shape index (κ3) is 5.76. The second-order valence-corrected chi connectivity index (χ2v) is 9.32. The molecule has 4 rings (SSSR count). The molecule has 0 radical (unpaired) electrons. The van der Waals surface area contributed by atoms with Gasteiger partial charge in [0.15, 0.2) is 11.5 Å². The zero-order valence-corrected chi connectivity index (χ0v) is 20.6. The maximum atomic E-state index is 12.8. The lowest BCUT2D eigenvalue weighted by Crippen LogP contribution is -2.30. The van der Waals surface area contributed by atoms with Crippen LogP contribution in [0, 0.1) is 0 Å². The van der Waals surface area contributed by atoms with Crippen molar-refractivity contribution in [2.45, 2.75) is 13.0 Å². The molecule has 174 valence electrons. The maximum absolute atomic E-state index is 12.8. The summed E-state index contributed by atoms with van der Waals surface area (Å²) in [5.74, 6) is 0.767. The van der Waals surface area contributed by atoms with Crippen molar-refractivity contribution in [2.75, 3.05) is 13.7 Å². The summed E-state index contributed by atoms with van der Waals surface area (Å²) >= 11 is 13.0. The molecule has 0 saturated carbocycles. The van der Waals surface area contributed by atoms with Gasteiger partial charge in [0.1, 0.15) is 6.61 Å². The quantitative estimate of drug-likeness (QED) is 0.308. The van der Waals surface area contributed by atoms with E-state index in [9.17, 15) is 9.59 Å². The summed E-state index contributed by atoms with van der Waals surface area (Å²) in [6.45, 7) is 0.629. The Morgan fingerprint density at radius 2 is 1.71 bits per heavy atom. The number of amides is 2. The van der Waals surface area contributed by atoms with Crippen LogP contribution >= 0.6 is 35.0 Å². The highest BCUT2D eigenvalue weighted by atomic mass is 35.5. The first-order valence-corrected chi connectivity index (χ1v) is 12.1. The average Bonchev–Trinajstić information content (AvgIpc) is 3.11. The molecule has 0 unspecified atom stereocenters. The number of thioether (sulfide) groups is 1. The van der Waals surface area contributed by atoms with Gasteiger partial charge in [-0.15, -0.1) is 0 Å². The Labute approximate surface area is 212 Å². The van der Waals surface area contributed by atoms with E-state index in [1.54, 1.807) is 37.5 Å². The van der Waals surface area contributed by atoms with E-state index >= 15 is 0 Å². The number of carbonyl (C=O) groups excluding carboxylic acids is 2. The predicted molar refractivity (Wildman–Crippen MR) is 137 cm³/mol. The van der Waals surface area contributed by atoms with Gasteiger partial charge in [-0.05, 0) is 65.2 Å². The summed E-state index contributed by atoms with van der Waals surface area (Å²) in [5.41, 5.74) is 2.67. The first kappa shape index (κ1) is 24.2. The van der Waals surface area contributed by atoms with Crippen LogP contribution in [-0.2, 0) is 17.8 Å². The molecule has 2 amide bonds. The van der Waals surface area contributed by atoms with Crippen molar-refractivity contribution in [3.63, 3.8) is 0 Å². The molecular weight excluding hydrogens is 493 g/mol. The van der Waals surface area contributed by atoms with Crippen molar-refractivity contribution < 1.29 is 19.1 Å². The Balaban J connectivity index is 1.44. The fraction of sp³-hybridized carbons (Fsp3) is 0.154. The lowest BCUT2D eigenvalue weighted by Gasteiger charge is -2.12. The van der Waals surface area contributed by atoms with Crippen LogP contribution in [0.4, 0.5) is 4.79 Å². The zero-order chi connectivity index (χ0) is 24.1. The number of nitrogens with zero attached hydrogens (tertiary/aromatic N) is 1. The Hall–Kier alpha value is -2.93. The molecule has 5 nitrogen and oxygen atoms in total. The molecule has 0 aliphatic carbocycles. The van der Waals surface area contributed by atoms with Gasteiger partial charge in [-0.25, -0.2) is 0 Å². The van der Waals surface area contributed by atoms with E-state index in [-0.39, 0.29) is 17.8 Å². The highest BCUT2D eigenvalue weighted by molar-refractivity contribution is 8.18. The van der Waals surface area contributed by atoms with Crippen LogP contribution in [0.5, 0.6) is 11.5 Å². The number of ether oxygens (including phenoxy) is 2. The average molecular weight is 514 g/mol. The molecule has 0 bridgehead atoms. The van der Waals surface area contributed by atoms with Crippen LogP contribution in [0.15, 0.2) is 71.6 Å². The molecule has 3 aromatic rings. The topological polar surface area (TPSA) is 55.8 Å². The molecule has 0 aromatic heterocycles. The molecule has 1 fully saturated rings. The van der Waals surface area contributed by atoms with Crippen molar-refractivity contribution in [3.8, 4) is 11.5 Å². The van der Waals surface area contributed by atoms with E-state index in [2.05, 4.69) is 0 Å². The van der Waals surface area contributed by atoms with Crippen molar-refractivity contribution in [3.05, 3.63) is 98.4 Å². The molecule has 8 heteroatoms. The molecule has 34 heavy (non-hydrogen) atoms. The number of carbonyl (C=O) groups is 2. The summed E-state index contributed by atoms with van der Waals surface area (Å²) in [7, 11) is 1.54. The van der Waals surface area contributed by atoms with Gasteiger partial charge in [-0.3, -0.25) is 14.5 Å². The van der Waals surface area contributed by atoms with E-state index in [0.717, 1.165) is 28.5 Å². The highest BCUT2D eigenvalue weighted by Crippen LogP contribution is 2.35. The van der Waals surface area contributed by atoms with Crippen molar-refractivity contribution in [1.29, 1.82) is 0 Å². The molecule has 0 spiro atoms. The van der Waals surface area contributed by atoms with Crippen molar-refractivity contribution in [1.82, 2.24) is 4.90 Å². The summed E-state index contributed by atoms with van der Waals surface area (Å²) in [6.07, 6.45) is 2.31. The molecular formula is C26H21Cl2NO4S. The summed E-state index contributed by atoms with van der Waals surface area (Å²) in [4.78, 5) is 26.9. The standard InChI is InChI=1S/C26H21Cl2NO4S/c1-32-23-14-18(8-10-22(23)33-16-19-7-9-20(27)21(28)13-19)15-24-25(30)29(26(31)34-24)12-11-17-5-3-2-4-6-17/h2-10,13-15H,11-12,16H2,1H3/b24-15-. The minimum Gasteiger partial charge on any atom is -0.493 e. The molecule has 1 saturated heterocycles. The number of halogens is 2. The third-order valence-corrected chi connectivity index (χ3v) is 6.85. The van der Waals surface area contributed by atoms with Crippen LogP contribution in [0.3, 0.4) is 0 Å². The number of imide groups is 1. The minimum atomic E-state index is -0.287. The Morgan fingerprint density at radius 1 is 0.912 bits per heavy atom. The molecule has 3 aromatic carbocycles. The highest BCUT2D eigenvalue weighted by Gasteiger charge is 2.34. The lowest BCUT2D eigenvalue weighted by molar-refractivity contribution is -0.122. The van der Waals surface area contributed by atoms with Crippen LogP contribution in [0.1, 0.15) is 16.7 Å². The van der Waals surface area contributed by atoms with Crippen molar-refractivity contribution >= 4 is 52.2 Å². The van der Waals surface area contributed by atoms with Gasteiger partial charge in [-0.1, -0.05) is 65.7 Å². The largest absolute Gasteiger partial charge is 0.493 e. The zero-order valence-electron chi connectivity index (χ0n) is 18.3. The normalized spacial score (nSPS) is 14.7. The maximum Gasteiger partial charge on any atom is 0.293 e. The van der Waals surface area contributed by atoms with Gasteiger partial charge in [0, 0.05) is 6.54 Å². The second kappa shape index (κ2) is 11.0. The third-order valence-electron chi connectivity index (χ3n) is 5.20. The number of hydrogen-bond donors (Lipinski definition) is 0. The van der Waals surface area contributed by atoms with Crippen LogP contribution < -0.4 is 9.47 Å². The SMILES string of the molecule is COc1cc(/C=C2\SC(=O)N(CCc3ccccc3)C2=O)ccc1OCc1ccc(Cl)c(Cl)c1. The Morgan fingerprint density at radius 3 is 2.44 bits per heavy atom. The van der Waals surface area contributed by atoms with Crippen molar-refractivity contribution in [2.24, 2.45) is 0 Å². The molecule has 1 heterocycles. The molecule has 0 atom stereocenters. The minimum absolute atomic E-state index is 0.263. The lowest BCUT2D eigenvalue weighted by atomic mass is 10.1. The molecule has 0 N–H and O–H groups in total. The Kier molecular flexibility index (Phi) is 7.83. The predicted octanol–water partition coefficient (Wildman–Crippen LogP) is 6.86. The molecule has 1 aliphatic heterocycles. The van der Waals surface area contributed by atoms with Crippen LogP contribution in [0.2, 0.25) is 10.0 Å².